The van der Waals surface area contributed by atoms with Crippen molar-refractivity contribution in [2.75, 3.05) is 7.05 Å². The number of aliphatic hydroxyl groups excluding tert-OH is 1. The Kier molecular flexibility index (Phi) is 3.32. The van der Waals surface area contributed by atoms with Crippen LogP contribution >= 0.6 is 0 Å². The van der Waals surface area contributed by atoms with Crippen LogP contribution in [-0.4, -0.2) is 29.0 Å². The molecule has 4 nitrogen and oxygen atoms in total. The Morgan fingerprint density at radius 2 is 2.00 bits per heavy atom. The van der Waals surface area contributed by atoms with Gasteiger partial charge in [-0.15, -0.1) is 0 Å². The summed E-state index contributed by atoms with van der Waals surface area (Å²) in [7, 11) is 1.74. The van der Waals surface area contributed by atoms with Crippen molar-refractivity contribution in [3.63, 3.8) is 0 Å². The summed E-state index contributed by atoms with van der Waals surface area (Å²) >= 11 is 0. The minimum absolute atomic E-state index is 0.0196. The second-order valence-corrected chi connectivity index (χ2v) is 5.18. The molecule has 0 unspecified atom stereocenters. The highest BCUT2D eigenvalue weighted by Gasteiger charge is 2.43. The molecule has 1 saturated heterocycles. The van der Waals surface area contributed by atoms with Crippen molar-refractivity contribution in [3.05, 3.63) is 60.1 Å². The summed E-state index contributed by atoms with van der Waals surface area (Å²) in [5.41, 5.74) is 1.07. The number of likely N-dealkylation sites (tertiary alicyclic amines) is 1. The molecule has 0 saturated carbocycles. The predicted molar refractivity (Wildman–Crippen MR) is 74.0 cm³/mol. The van der Waals surface area contributed by atoms with Crippen molar-refractivity contribution in [2.45, 2.75) is 24.5 Å². The third-order valence-electron chi connectivity index (χ3n) is 4.03. The predicted octanol–water partition coefficient (Wildman–Crippen LogP) is 2.33. The van der Waals surface area contributed by atoms with Crippen LogP contribution in [0, 0.1) is 0 Å². The van der Waals surface area contributed by atoms with E-state index < -0.39 is 6.10 Å². The lowest BCUT2D eigenvalue weighted by atomic mass is 9.88. The van der Waals surface area contributed by atoms with Crippen LogP contribution in [0.2, 0.25) is 0 Å². The average Bonchev–Trinajstić information content (AvgIpc) is 3.09. The van der Waals surface area contributed by atoms with Gasteiger partial charge in [-0.25, -0.2) is 0 Å². The first-order valence-electron chi connectivity index (χ1n) is 6.70. The van der Waals surface area contributed by atoms with Crippen LogP contribution in [0.25, 0.3) is 0 Å². The summed E-state index contributed by atoms with van der Waals surface area (Å²) in [5.74, 6) is 0.528. The van der Waals surface area contributed by atoms with Gasteiger partial charge in [0, 0.05) is 19.4 Å². The van der Waals surface area contributed by atoms with E-state index >= 15 is 0 Å². The van der Waals surface area contributed by atoms with Gasteiger partial charge in [0.2, 0.25) is 5.91 Å². The number of aliphatic hydroxyl groups is 1. The molecule has 3 atom stereocenters. The van der Waals surface area contributed by atoms with Crippen LogP contribution in [0.5, 0.6) is 0 Å². The van der Waals surface area contributed by atoms with Crippen LogP contribution in [-0.2, 0) is 4.79 Å². The van der Waals surface area contributed by atoms with Gasteiger partial charge in [-0.05, 0) is 17.7 Å². The Morgan fingerprint density at radius 1 is 1.25 bits per heavy atom. The number of furan rings is 1. The fourth-order valence-corrected chi connectivity index (χ4v) is 2.96. The van der Waals surface area contributed by atoms with Crippen molar-refractivity contribution in [1.82, 2.24) is 4.90 Å². The van der Waals surface area contributed by atoms with E-state index in [1.54, 1.807) is 24.1 Å². The second-order valence-electron chi connectivity index (χ2n) is 5.18. The monoisotopic (exact) mass is 271 g/mol. The van der Waals surface area contributed by atoms with Gasteiger partial charge in [-0.3, -0.25) is 4.79 Å². The van der Waals surface area contributed by atoms with Crippen LogP contribution in [0.1, 0.15) is 29.8 Å². The smallest absolute Gasteiger partial charge is 0.223 e. The number of hydrogen-bond acceptors (Lipinski definition) is 3. The molecule has 0 bridgehead atoms. The molecule has 20 heavy (non-hydrogen) atoms. The molecule has 1 N–H and O–H groups in total. The summed E-state index contributed by atoms with van der Waals surface area (Å²) in [6.07, 6.45) is 1.14. The topological polar surface area (TPSA) is 53.7 Å². The molecule has 1 aromatic heterocycles. The molecule has 1 fully saturated rings. The Hall–Kier alpha value is -2.07. The Balaban J connectivity index is 1.95. The Bertz CT molecular complexity index is 579. The second kappa shape index (κ2) is 5.13. The number of rotatable bonds is 3. The summed E-state index contributed by atoms with van der Waals surface area (Å²) < 4.78 is 5.29. The third-order valence-corrected chi connectivity index (χ3v) is 4.03. The zero-order valence-electron chi connectivity index (χ0n) is 11.3. The van der Waals surface area contributed by atoms with Crippen molar-refractivity contribution in [2.24, 2.45) is 0 Å². The molecule has 1 aliphatic rings. The largest absolute Gasteiger partial charge is 0.467 e. The number of amides is 1. The fraction of sp³-hybridized carbons (Fsp3) is 0.312. The highest BCUT2D eigenvalue weighted by atomic mass is 16.4. The van der Waals surface area contributed by atoms with Crippen LogP contribution in [0.3, 0.4) is 0 Å². The normalized spacial score (nSPS) is 24.1. The summed E-state index contributed by atoms with van der Waals surface area (Å²) in [4.78, 5) is 13.7. The molecular formula is C16H17NO3. The SMILES string of the molecule is CN1C(=O)C[C@H](c2ccccc2)[C@@H]1[C@@H](O)c1ccco1. The van der Waals surface area contributed by atoms with Gasteiger partial charge >= 0.3 is 0 Å². The van der Waals surface area contributed by atoms with E-state index in [0.717, 1.165) is 5.56 Å². The fourth-order valence-electron chi connectivity index (χ4n) is 2.96. The standard InChI is InChI=1S/C16H17NO3/c1-17-14(18)10-12(11-6-3-2-4-7-11)15(17)16(19)13-8-5-9-20-13/h2-9,12,15-16,19H,10H2,1H3/t12-,15-,16+/m1/s1. The van der Waals surface area contributed by atoms with E-state index in [0.29, 0.717) is 12.2 Å². The minimum Gasteiger partial charge on any atom is -0.467 e. The van der Waals surface area contributed by atoms with Gasteiger partial charge in [0.25, 0.3) is 0 Å². The van der Waals surface area contributed by atoms with E-state index in [4.69, 9.17) is 4.42 Å². The first-order chi connectivity index (χ1) is 9.68. The van der Waals surface area contributed by atoms with Crippen molar-refractivity contribution in [1.29, 1.82) is 0 Å². The third kappa shape index (κ3) is 2.12. The lowest BCUT2D eigenvalue weighted by Crippen LogP contribution is -2.36. The molecule has 4 heteroatoms. The molecule has 1 aliphatic heterocycles. The maximum atomic E-state index is 12.0. The van der Waals surface area contributed by atoms with Gasteiger partial charge < -0.3 is 14.4 Å². The van der Waals surface area contributed by atoms with E-state index in [1.807, 2.05) is 30.3 Å². The molecule has 0 radical (unpaired) electrons. The highest BCUT2D eigenvalue weighted by molar-refractivity contribution is 5.80. The zero-order valence-corrected chi connectivity index (χ0v) is 11.3. The van der Waals surface area contributed by atoms with Gasteiger partial charge in [-0.2, -0.15) is 0 Å². The van der Waals surface area contributed by atoms with Crippen molar-refractivity contribution < 1.29 is 14.3 Å². The number of carbonyl (C=O) groups is 1. The number of likely N-dealkylation sites (N-methyl/N-ethyl adjacent to an activating group) is 1. The number of benzene rings is 1. The van der Waals surface area contributed by atoms with Gasteiger partial charge in [-0.1, -0.05) is 30.3 Å². The van der Waals surface area contributed by atoms with Gasteiger partial charge in [0.15, 0.2) is 0 Å². The van der Waals surface area contributed by atoms with E-state index in [-0.39, 0.29) is 17.9 Å². The Morgan fingerprint density at radius 3 is 2.65 bits per heavy atom. The molecule has 1 aromatic carbocycles. The van der Waals surface area contributed by atoms with Gasteiger partial charge in [0.05, 0.1) is 12.3 Å². The molecule has 0 aliphatic carbocycles. The summed E-state index contributed by atoms with van der Waals surface area (Å²) in [6.45, 7) is 0. The number of nitrogens with zero attached hydrogens (tertiary/aromatic N) is 1. The molecule has 3 rings (SSSR count). The van der Waals surface area contributed by atoms with E-state index in [2.05, 4.69) is 0 Å². The van der Waals surface area contributed by atoms with E-state index in [9.17, 15) is 9.90 Å². The van der Waals surface area contributed by atoms with Crippen LogP contribution < -0.4 is 0 Å². The van der Waals surface area contributed by atoms with Crippen molar-refractivity contribution >= 4 is 5.91 Å². The molecule has 2 aromatic rings. The molecule has 0 spiro atoms. The maximum Gasteiger partial charge on any atom is 0.223 e. The lowest BCUT2D eigenvalue weighted by Gasteiger charge is -2.28. The van der Waals surface area contributed by atoms with Crippen LogP contribution in [0.4, 0.5) is 0 Å². The molecule has 2 heterocycles. The molecule has 104 valence electrons. The summed E-state index contributed by atoms with van der Waals surface area (Å²) in [6, 6.07) is 13.0. The lowest BCUT2D eigenvalue weighted by molar-refractivity contribution is -0.129. The zero-order chi connectivity index (χ0) is 14.1. The van der Waals surface area contributed by atoms with Crippen LogP contribution in [0.15, 0.2) is 53.1 Å². The molecule has 1 amide bonds. The first-order valence-corrected chi connectivity index (χ1v) is 6.70. The number of carbonyl (C=O) groups excluding carboxylic acids is 1. The maximum absolute atomic E-state index is 12.0. The molecular weight excluding hydrogens is 254 g/mol. The average molecular weight is 271 g/mol. The minimum atomic E-state index is -0.813. The quantitative estimate of drug-likeness (QED) is 0.932. The Labute approximate surface area is 117 Å². The van der Waals surface area contributed by atoms with Crippen molar-refractivity contribution in [3.8, 4) is 0 Å². The van der Waals surface area contributed by atoms with E-state index in [1.165, 1.54) is 6.26 Å². The van der Waals surface area contributed by atoms with Gasteiger partial charge in [0.1, 0.15) is 11.9 Å². The number of hydrogen-bond donors (Lipinski definition) is 1. The summed E-state index contributed by atoms with van der Waals surface area (Å²) in [5, 5.41) is 10.5. The highest BCUT2D eigenvalue weighted by Crippen LogP contribution is 2.39. The first kappa shape index (κ1) is 12.9.